The third-order valence-electron chi connectivity index (χ3n) is 1.67. The molecule has 0 radical (unpaired) electrons. The second-order valence-electron chi connectivity index (χ2n) is 2.68. The third kappa shape index (κ3) is 2.45. The Morgan fingerprint density at radius 2 is 2.38 bits per heavy atom. The molecule has 1 aromatic rings. The maximum absolute atomic E-state index is 11.1. The topological polar surface area (TPSA) is 109 Å². The van der Waals surface area contributed by atoms with E-state index < -0.39 is 16.7 Å². The number of nitro groups is 1. The summed E-state index contributed by atoms with van der Waals surface area (Å²) in [6, 6.07) is 4.11. The smallest absolute Gasteiger partial charge is 0.401 e. The van der Waals surface area contributed by atoms with Gasteiger partial charge in [0.15, 0.2) is 0 Å². The van der Waals surface area contributed by atoms with Gasteiger partial charge in [-0.2, -0.15) is 5.26 Å². The van der Waals surface area contributed by atoms with E-state index in [9.17, 15) is 14.9 Å². The summed E-state index contributed by atoms with van der Waals surface area (Å²) in [6.45, 7) is 0. The summed E-state index contributed by atoms with van der Waals surface area (Å²) in [4.78, 5) is 20.7. The number of hydrogen-bond acceptors (Lipinski definition) is 5. The Balaban J connectivity index is 3.01. The second kappa shape index (κ2) is 4.75. The van der Waals surface area contributed by atoms with Gasteiger partial charge in [-0.15, -0.1) is 0 Å². The van der Waals surface area contributed by atoms with Crippen LogP contribution < -0.4 is 5.32 Å². The van der Waals surface area contributed by atoms with E-state index in [4.69, 9.17) is 9.68 Å². The van der Waals surface area contributed by atoms with Crippen LogP contribution in [-0.4, -0.2) is 17.9 Å². The SMILES string of the molecule is CNC(=O)C(C#N)=Cc1ccc([N+](=O)[O-])o1. The van der Waals surface area contributed by atoms with E-state index in [-0.39, 0.29) is 11.3 Å². The van der Waals surface area contributed by atoms with E-state index in [1.807, 2.05) is 0 Å². The summed E-state index contributed by atoms with van der Waals surface area (Å²) >= 11 is 0. The normalized spacial score (nSPS) is 10.6. The third-order valence-corrected chi connectivity index (χ3v) is 1.67. The van der Waals surface area contributed by atoms with Crippen LogP contribution in [0.25, 0.3) is 6.08 Å². The molecule has 1 N–H and O–H groups in total. The van der Waals surface area contributed by atoms with Crippen molar-refractivity contribution in [3.8, 4) is 6.07 Å². The van der Waals surface area contributed by atoms with E-state index in [0.29, 0.717) is 0 Å². The Morgan fingerprint density at radius 3 is 2.81 bits per heavy atom. The van der Waals surface area contributed by atoms with E-state index >= 15 is 0 Å². The van der Waals surface area contributed by atoms with Crippen molar-refractivity contribution in [2.45, 2.75) is 0 Å². The van der Waals surface area contributed by atoms with Crippen molar-refractivity contribution in [2.75, 3.05) is 7.05 Å². The number of carbonyl (C=O) groups is 1. The number of carbonyl (C=O) groups excluding carboxylic acids is 1. The first-order valence-corrected chi connectivity index (χ1v) is 4.16. The number of rotatable bonds is 3. The molecule has 1 aromatic heterocycles. The van der Waals surface area contributed by atoms with Gasteiger partial charge in [-0.25, -0.2) is 0 Å². The zero-order valence-corrected chi connectivity index (χ0v) is 8.26. The zero-order valence-electron chi connectivity index (χ0n) is 8.26. The minimum absolute atomic E-state index is 0.0758. The summed E-state index contributed by atoms with van der Waals surface area (Å²) in [5, 5.41) is 21.2. The van der Waals surface area contributed by atoms with Crippen LogP contribution in [-0.2, 0) is 4.79 Å². The highest BCUT2D eigenvalue weighted by molar-refractivity contribution is 6.01. The Kier molecular flexibility index (Phi) is 3.40. The van der Waals surface area contributed by atoms with Crippen LogP contribution in [0.2, 0.25) is 0 Å². The monoisotopic (exact) mass is 221 g/mol. The number of nitrogens with zero attached hydrogens (tertiary/aromatic N) is 2. The molecule has 7 heteroatoms. The van der Waals surface area contributed by atoms with Crippen molar-refractivity contribution in [3.63, 3.8) is 0 Å². The number of nitriles is 1. The number of hydrogen-bond donors (Lipinski definition) is 1. The standard InChI is InChI=1S/C9H7N3O4/c1-11-9(13)6(5-10)4-7-2-3-8(16-7)12(14)15/h2-4H,1H3,(H,11,13). The van der Waals surface area contributed by atoms with Gasteiger partial charge in [0.2, 0.25) is 0 Å². The Bertz CT molecular complexity index is 495. The number of amides is 1. The highest BCUT2D eigenvalue weighted by Crippen LogP contribution is 2.17. The molecule has 1 amide bonds. The molecule has 0 saturated carbocycles. The predicted molar refractivity (Wildman–Crippen MR) is 53.0 cm³/mol. The molecular formula is C9H7N3O4. The van der Waals surface area contributed by atoms with Crippen LogP contribution in [0.15, 0.2) is 22.1 Å². The van der Waals surface area contributed by atoms with Gasteiger partial charge < -0.3 is 9.73 Å². The van der Waals surface area contributed by atoms with Crippen LogP contribution in [0.1, 0.15) is 5.76 Å². The fourth-order valence-corrected chi connectivity index (χ4v) is 0.943. The van der Waals surface area contributed by atoms with Gasteiger partial charge in [0, 0.05) is 13.1 Å². The van der Waals surface area contributed by atoms with Gasteiger partial charge in [0.25, 0.3) is 5.91 Å². The summed E-state index contributed by atoms with van der Waals surface area (Å²) < 4.78 is 4.77. The average Bonchev–Trinajstić information content (AvgIpc) is 2.73. The zero-order chi connectivity index (χ0) is 12.1. The van der Waals surface area contributed by atoms with Crippen LogP contribution in [0.5, 0.6) is 0 Å². The average molecular weight is 221 g/mol. The Hall–Kier alpha value is -2.62. The lowest BCUT2D eigenvalue weighted by molar-refractivity contribution is -0.402. The Labute approximate surface area is 90.1 Å². The fraction of sp³-hybridized carbons (Fsp3) is 0.111. The first-order valence-electron chi connectivity index (χ1n) is 4.16. The molecule has 0 saturated heterocycles. The van der Waals surface area contributed by atoms with Gasteiger partial charge in [0.1, 0.15) is 22.3 Å². The molecule has 0 aliphatic heterocycles. The van der Waals surface area contributed by atoms with Crippen molar-refractivity contribution in [3.05, 3.63) is 33.6 Å². The number of furan rings is 1. The maximum atomic E-state index is 11.1. The quantitative estimate of drug-likeness (QED) is 0.352. The molecule has 16 heavy (non-hydrogen) atoms. The lowest BCUT2D eigenvalue weighted by Gasteiger charge is -1.94. The Morgan fingerprint density at radius 1 is 1.69 bits per heavy atom. The molecule has 0 atom stereocenters. The van der Waals surface area contributed by atoms with Crippen LogP contribution in [0.3, 0.4) is 0 Å². The van der Waals surface area contributed by atoms with Crippen molar-refractivity contribution >= 4 is 17.9 Å². The van der Waals surface area contributed by atoms with Crippen LogP contribution >= 0.6 is 0 Å². The van der Waals surface area contributed by atoms with Crippen molar-refractivity contribution < 1.29 is 14.1 Å². The molecule has 1 heterocycles. The lowest BCUT2D eigenvalue weighted by Crippen LogP contribution is -2.18. The molecule has 0 spiro atoms. The van der Waals surface area contributed by atoms with E-state index in [1.165, 1.54) is 13.1 Å². The highest BCUT2D eigenvalue weighted by atomic mass is 16.6. The van der Waals surface area contributed by atoms with Gasteiger partial charge >= 0.3 is 5.88 Å². The summed E-state index contributed by atoms with van der Waals surface area (Å²) in [7, 11) is 1.37. The van der Waals surface area contributed by atoms with Crippen molar-refractivity contribution in [1.29, 1.82) is 5.26 Å². The first-order chi connectivity index (χ1) is 7.58. The fourth-order valence-electron chi connectivity index (χ4n) is 0.943. The molecule has 0 aromatic carbocycles. The van der Waals surface area contributed by atoms with Crippen LogP contribution in [0.4, 0.5) is 5.88 Å². The molecule has 1 rings (SSSR count). The molecule has 0 aliphatic rings. The lowest BCUT2D eigenvalue weighted by atomic mass is 10.2. The summed E-state index contributed by atoms with van der Waals surface area (Å²) in [6.07, 6.45) is 1.13. The predicted octanol–water partition coefficient (Wildman–Crippen LogP) is 0.841. The minimum atomic E-state index is -0.705. The number of likely N-dealkylation sites (N-methyl/N-ethyl adjacent to an activating group) is 1. The van der Waals surface area contributed by atoms with Crippen molar-refractivity contribution in [1.82, 2.24) is 5.32 Å². The molecule has 0 fully saturated rings. The van der Waals surface area contributed by atoms with E-state index in [1.54, 1.807) is 6.07 Å². The summed E-state index contributed by atoms with van der Waals surface area (Å²) in [5.74, 6) is -0.950. The minimum Gasteiger partial charge on any atom is -0.401 e. The molecule has 0 unspecified atom stereocenters. The molecule has 0 bridgehead atoms. The second-order valence-corrected chi connectivity index (χ2v) is 2.68. The van der Waals surface area contributed by atoms with Gasteiger partial charge in [0.05, 0.1) is 6.07 Å². The van der Waals surface area contributed by atoms with E-state index in [2.05, 4.69) is 5.32 Å². The van der Waals surface area contributed by atoms with Crippen molar-refractivity contribution in [2.24, 2.45) is 0 Å². The molecule has 0 aliphatic carbocycles. The van der Waals surface area contributed by atoms with Gasteiger partial charge in [-0.1, -0.05) is 0 Å². The molecule has 82 valence electrons. The van der Waals surface area contributed by atoms with Crippen LogP contribution in [0, 0.1) is 21.4 Å². The first kappa shape index (κ1) is 11.5. The summed E-state index contributed by atoms with van der Waals surface area (Å²) in [5.41, 5.74) is -0.188. The largest absolute Gasteiger partial charge is 0.433 e. The maximum Gasteiger partial charge on any atom is 0.433 e. The number of nitrogens with one attached hydrogen (secondary N) is 1. The highest BCUT2D eigenvalue weighted by Gasteiger charge is 2.12. The molecule has 7 nitrogen and oxygen atoms in total. The van der Waals surface area contributed by atoms with E-state index in [0.717, 1.165) is 12.1 Å². The van der Waals surface area contributed by atoms with Gasteiger partial charge in [-0.3, -0.25) is 14.9 Å². The van der Waals surface area contributed by atoms with Gasteiger partial charge in [-0.05, 0) is 6.07 Å². The molecular weight excluding hydrogens is 214 g/mol.